The molecule has 4 rings (SSSR count). The minimum Gasteiger partial charge on any atom is -0.387 e. The van der Waals surface area contributed by atoms with E-state index in [1.165, 1.54) is 0 Å². The van der Waals surface area contributed by atoms with Gasteiger partial charge in [0.2, 0.25) is 0 Å². The fourth-order valence-electron chi connectivity index (χ4n) is 4.55. The highest BCUT2D eigenvalue weighted by Gasteiger charge is 2.49. The minimum atomic E-state index is -1.71. The third kappa shape index (κ3) is 7.86. The zero-order chi connectivity index (χ0) is 29.5. The lowest BCUT2D eigenvalue weighted by atomic mass is 9.98. The maximum atomic E-state index is 10.5. The molecule has 6 N–H and O–H groups in total. The Morgan fingerprint density at radius 2 is 0.927 bits per heavy atom. The fourth-order valence-corrected chi connectivity index (χ4v) is 4.55. The van der Waals surface area contributed by atoms with E-state index in [9.17, 15) is 30.6 Å². The van der Waals surface area contributed by atoms with E-state index in [1.54, 1.807) is 12.2 Å². The van der Waals surface area contributed by atoms with Gasteiger partial charge in [-0.05, 0) is 22.3 Å². The molecular weight excluding hydrogens is 536 g/mol. The highest BCUT2D eigenvalue weighted by molar-refractivity contribution is 5.47. The van der Waals surface area contributed by atoms with Crippen molar-refractivity contribution in [3.05, 3.63) is 83.9 Å². The second kappa shape index (κ2) is 14.6. The molecular formula is C30H38O11. The van der Waals surface area contributed by atoms with Crippen molar-refractivity contribution in [1.29, 1.82) is 0 Å². The zero-order valence-corrected chi connectivity index (χ0v) is 22.5. The van der Waals surface area contributed by atoms with Gasteiger partial charge in [0.05, 0.1) is 26.4 Å². The van der Waals surface area contributed by atoms with Crippen LogP contribution in [0.15, 0.2) is 61.7 Å². The first kappa shape index (κ1) is 31.4. The molecule has 10 atom stereocenters. The van der Waals surface area contributed by atoms with E-state index in [1.807, 2.05) is 48.5 Å². The summed E-state index contributed by atoms with van der Waals surface area (Å²) in [7, 11) is 0. The summed E-state index contributed by atoms with van der Waals surface area (Å²) in [5, 5.41) is 62.7. The number of aliphatic hydroxyl groups excluding tert-OH is 6. The van der Waals surface area contributed by atoms with Gasteiger partial charge in [0.25, 0.3) is 0 Å². The van der Waals surface area contributed by atoms with Crippen molar-refractivity contribution in [2.75, 3.05) is 13.2 Å². The van der Waals surface area contributed by atoms with Gasteiger partial charge in [-0.15, -0.1) is 0 Å². The summed E-state index contributed by atoms with van der Waals surface area (Å²) >= 11 is 0. The highest BCUT2D eigenvalue weighted by atomic mass is 16.8. The molecule has 11 heteroatoms. The summed E-state index contributed by atoms with van der Waals surface area (Å²) in [4.78, 5) is 0. The standard InChI is InChI=1S/C30H38O11/c1-3-17-5-9-19(10-6-17)13-37-15-21-23(31)25(33)27(35)29(39-21)41-30-28(36)26(34)24(32)22(40-30)16-38-14-20-11-7-18(4-2)8-12-20/h3-12,21-36H,1-2,13-16H2/t21-,22-,23-,24-,25+,26+,27-,28-,29-,30-/m1/s1. The Kier molecular flexibility index (Phi) is 11.2. The molecule has 0 aromatic heterocycles. The summed E-state index contributed by atoms with van der Waals surface area (Å²) in [5.74, 6) is 0. The van der Waals surface area contributed by atoms with Crippen LogP contribution < -0.4 is 0 Å². The van der Waals surface area contributed by atoms with Gasteiger partial charge in [0.15, 0.2) is 12.6 Å². The molecule has 0 unspecified atom stereocenters. The van der Waals surface area contributed by atoms with Gasteiger partial charge in [-0.25, -0.2) is 0 Å². The van der Waals surface area contributed by atoms with Crippen LogP contribution in [0.25, 0.3) is 12.2 Å². The molecule has 0 bridgehead atoms. The van der Waals surface area contributed by atoms with Crippen LogP contribution in [0, 0.1) is 0 Å². The molecule has 41 heavy (non-hydrogen) atoms. The Balaban J connectivity index is 1.33. The first-order valence-corrected chi connectivity index (χ1v) is 13.3. The van der Waals surface area contributed by atoms with E-state index in [4.69, 9.17) is 23.7 Å². The highest BCUT2D eigenvalue weighted by Crippen LogP contribution is 2.29. The summed E-state index contributed by atoms with van der Waals surface area (Å²) < 4.78 is 28.3. The van der Waals surface area contributed by atoms with Crippen LogP contribution in [0.3, 0.4) is 0 Å². The topological polar surface area (TPSA) is 168 Å². The Morgan fingerprint density at radius 3 is 1.27 bits per heavy atom. The predicted molar refractivity (Wildman–Crippen MR) is 147 cm³/mol. The molecule has 0 radical (unpaired) electrons. The number of hydrogen-bond acceptors (Lipinski definition) is 11. The Hall–Kier alpha value is -2.52. The second-order valence-electron chi connectivity index (χ2n) is 10.1. The summed E-state index contributed by atoms with van der Waals surface area (Å²) in [5.41, 5.74) is 3.63. The molecule has 0 spiro atoms. The lowest BCUT2D eigenvalue weighted by Gasteiger charge is -2.45. The molecule has 2 heterocycles. The van der Waals surface area contributed by atoms with Crippen molar-refractivity contribution < 1.29 is 54.3 Å². The average Bonchev–Trinajstić information content (AvgIpc) is 2.99. The molecule has 2 aromatic rings. The van der Waals surface area contributed by atoms with Gasteiger partial charge in [0, 0.05) is 0 Å². The molecule has 224 valence electrons. The molecule has 11 nitrogen and oxygen atoms in total. The Bertz CT molecular complexity index is 1020. The van der Waals surface area contributed by atoms with Crippen molar-refractivity contribution in [3.8, 4) is 0 Å². The lowest BCUT2D eigenvalue weighted by Crippen LogP contribution is -2.63. The van der Waals surface area contributed by atoms with Crippen molar-refractivity contribution in [1.82, 2.24) is 0 Å². The van der Waals surface area contributed by atoms with Crippen molar-refractivity contribution in [2.24, 2.45) is 0 Å². The quantitative estimate of drug-likeness (QED) is 0.207. The molecule has 2 saturated heterocycles. The van der Waals surface area contributed by atoms with Gasteiger partial charge in [-0.3, -0.25) is 0 Å². The molecule has 2 aliphatic heterocycles. The van der Waals surface area contributed by atoms with Crippen LogP contribution in [0.5, 0.6) is 0 Å². The number of rotatable bonds is 12. The van der Waals surface area contributed by atoms with Gasteiger partial charge in [0.1, 0.15) is 48.8 Å². The molecule has 2 fully saturated rings. The second-order valence-corrected chi connectivity index (χ2v) is 10.1. The van der Waals surface area contributed by atoms with Crippen molar-refractivity contribution in [3.63, 3.8) is 0 Å². The summed E-state index contributed by atoms with van der Waals surface area (Å²) in [6.07, 6.45) is -11.6. The van der Waals surface area contributed by atoms with E-state index in [0.717, 1.165) is 22.3 Å². The summed E-state index contributed by atoms with van der Waals surface area (Å²) in [6.45, 7) is 7.52. The fraction of sp³-hybridized carbons (Fsp3) is 0.467. The third-order valence-electron chi connectivity index (χ3n) is 7.14. The van der Waals surface area contributed by atoms with Crippen LogP contribution >= 0.6 is 0 Å². The van der Waals surface area contributed by atoms with Gasteiger partial charge in [-0.2, -0.15) is 0 Å². The first-order valence-electron chi connectivity index (χ1n) is 13.3. The van der Waals surface area contributed by atoms with E-state index >= 15 is 0 Å². The minimum absolute atomic E-state index is 0.145. The Morgan fingerprint density at radius 1 is 0.561 bits per heavy atom. The van der Waals surface area contributed by atoms with E-state index < -0.39 is 61.4 Å². The normalized spacial score (nSPS) is 33.8. The van der Waals surface area contributed by atoms with Crippen LogP contribution in [0.1, 0.15) is 22.3 Å². The van der Waals surface area contributed by atoms with Gasteiger partial charge in [-0.1, -0.05) is 73.8 Å². The van der Waals surface area contributed by atoms with E-state index in [2.05, 4.69) is 13.2 Å². The van der Waals surface area contributed by atoms with Crippen molar-refractivity contribution >= 4 is 12.2 Å². The average molecular weight is 575 g/mol. The maximum absolute atomic E-state index is 10.5. The smallest absolute Gasteiger partial charge is 0.189 e. The number of ether oxygens (including phenoxy) is 5. The molecule has 0 amide bonds. The Labute approximate surface area is 238 Å². The largest absolute Gasteiger partial charge is 0.387 e. The molecule has 2 aliphatic rings. The lowest BCUT2D eigenvalue weighted by molar-refractivity contribution is -0.377. The van der Waals surface area contributed by atoms with Gasteiger partial charge < -0.3 is 54.3 Å². The zero-order valence-electron chi connectivity index (χ0n) is 22.5. The monoisotopic (exact) mass is 574 g/mol. The maximum Gasteiger partial charge on any atom is 0.189 e. The first-order chi connectivity index (χ1) is 19.7. The van der Waals surface area contributed by atoms with Crippen LogP contribution in [-0.2, 0) is 36.9 Å². The molecule has 2 aromatic carbocycles. The van der Waals surface area contributed by atoms with E-state index in [0.29, 0.717) is 0 Å². The predicted octanol–water partition coefficient (Wildman–Crippen LogP) is 0.338. The third-order valence-corrected chi connectivity index (χ3v) is 7.14. The number of benzene rings is 2. The number of hydrogen-bond donors (Lipinski definition) is 6. The molecule has 0 aliphatic carbocycles. The van der Waals surface area contributed by atoms with Crippen LogP contribution in [-0.4, -0.2) is 105 Å². The number of aliphatic hydroxyl groups is 6. The SMILES string of the molecule is C=Cc1ccc(COC[C@H]2O[C@H](O[C@H]3O[C@H](COCc4ccc(C=C)cc4)[C@@H](O)[C@H](O)[C@H]3O)[C@H](O)[C@@H](O)[C@@H]2O)cc1. The van der Waals surface area contributed by atoms with Gasteiger partial charge >= 0.3 is 0 Å². The van der Waals surface area contributed by atoms with Crippen LogP contribution in [0.2, 0.25) is 0 Å². The summed E-state index contributed by atoms with van der Waals surface area (Å²) in [6, 6.07) is 14.9. The van der Waals surface area contributed by atoms with Crippen LogP contribution in [0.4, 0.5) is 0 Å². The van der Waals surface area contributed by atoms with Crippen molar-refractivity contribution in [2.45, 2.75) is 74.6 Å². The van der Waals surface area contributed by atoms with E-state index in [-0.39, 0.29) is 26.4 Å². The molecule has 0 saturated carbocycles.